The number of carbonyl (C=O) groups excluding carboxylic acids is 2. The second kappa shape index (κ2) is 6.93. The molecule has 0 aromatic heterocycles. The zero-order valence-electron chi connectivity index (χ0n) is 11.5. The fourth-order valence-electron chi connectivity index (χ4n) is 2.41. The number of nitrogens with zero attached hydrogens (tertiary/aromatic N) is 1. The van der Waals surface area contributed by atoms with Crippen LogP contribution in [0.15, 0.2) is 30.3 Å². The molecule has 0 bridgehead atoms. The number of piperidine rings is 1. The zero-order valence-corrected chi connectivity index (χ0v) is 11.5. The average molecular weight is 275 g/mol. The Bertz CT molecular complexity index is 455. The van der Waals surface area contributed by atoms with Gasteiger partial charge in [-0.15, -0.1) is 0 Å². The molecule has 20 heavy (non-hydrogen) atoms. The van der Waals surface area contributed by atoms with E-state index in [0.29, 0.717) is 0 Å². The highest BCUT2D eigenvalue weighted by atomic mass is 16.2. The van der Waals surface area contributed by atoms with Crippen LogP contribution in [0.3, 0.4) is 0 Å². The normalized spacial score (nSPS) is 16.5. The van der Waals surface area contributed by atoms with Gasteiger partial charge < -0.3 is 16.0 Å². The number of nitrogens with two attached hydrogens (primary N) is 1. The molecule has 3 N–H and O–H groups in total. The maximum Gasteiger partial charge on any atom is 0.240 e. The molecule has 0 aliphatic carbocycles. The summed E-state index contributed by atoms with van der Waals surface area (Å²) in [4.78, 5) is 25.5. The average Bonchev–Trinajstić information content (AvgIpc) is 2.48. The van der Waals surface area contributed by atoms with Gasteiger partial charge >= 0.3 is 0 Å². The number of likely N-dealkylation sites (tertiary alicyclic amines) is 1. The highest BCUT2D eigenvalue weighted by molar-refractivity contribution is 5.89. The van der Waals surface area contributed by atoms with Gasteiger partial charge in [0.05, 0.1) is 6.42 Å². The van der Waals surface area contributed by atoms with Crippen LogP contribution in [-0.4, -0.2) is 35.8 Å². The molecular weight excluding hydrogens is 254 g/mol. The number of carbonyl (C=O) groups is 2. The Kier molecular flexibility index (Phi) is 4.98. The summed E-state index contributed by atoms with van der Waals surface area (Å²) in [5.41, 5.74) is 6.18. The molecule has 1 fully saturated rings. The van der Waals surface area contributed by atoms with E-state index < -0.39 is 11.9 Å². The lowest BCUT2D eigenvalue weighted by atomic mass is 10.1. The first-order valence-electron chi connectivity index (χ1n) is 7.05. The number of primary amides is 1. The van der Waals surface area contributed by atoms with E-state index >= 15 is 0 Å². The summed E-state index contributed by atoms with van der Waals surface area (Å²) in [6.07, 6.45) is 3.37. The molecule has 2 rings (SSSR count). The number of benzene rings is 1. The summed E-state index contributed by atoms with van der Waals surface area (Å²) in [6.45, 7) is 1.57. The first kappa shape index (κ1) is 14.4. The van der Waals surface area contributed by atoms with Gasteiger partial charge in [-0.05, 0) is 31.4 Å². The van der Waals surface area contributed by atoms with Gasteiger partial charge in [0, 0.05) is 18.8 Å². The second-order valence-electron chi connectivity index (χ2n) is 5.11. The number of para-hydroxylation sites is 1. The van der Waals surface area contributed by atoms with Crippen molar-refractivity contribution in [3.05, 3.63) is 30.3 Å². The number of anilines is 1. The van der Waals surface area contributed by atoms with Gasteiger partial charge in [-0.25, -0.2) is 0 Å². The van der Waals surface area contributed by atoms with E-state index in [4.69, 9.17) is 5.73 Å². The Morgan fingerprint density at radius 1 is 1.15 bits per heavy atom. The maximum absolute atomic E-state index is 12.2. The molecule has 1 aromatic rings. The van der Waals surface area contributed by atoms with E-state index in [1.165, 1.54) is 6.42 Å². The van der Waals surface area contributed by atoms with Crippen molar-refractivity contribution in [1.82, 2.24) is 4.90 Å². The predicted octanol–water partition coefficient (Wildman–Crippen LogP) is 1.35. The molecule has 1 saturated heterocycles. The number of amides is 2. The van der Waals surface area contributed by atoms with Gasteiger partial charge in [0.1, 0.15) is 6.04 Å². The Morgan fingerprint density at radius 2 is 1.80 bits per heavy atom. The van der Waals surface area contributed by atoms with Crippen LogP contribution in [0.25, 0.3) is 0 Å². The summed E-state index contributed by atoms with van der Waals surface area (Å²) in [6, 6.07) is 8.66. The lowest BCUT2D eigenvalue weighted by molar-refractivity contribution is -0.134. The van der Waals surface area contributed by atoms with Gasteiger partial charge in [0.25, 0.3) is 0 Å². The Morgan fingerprint density at radius 3 is 2.40 bits per heavy atom. The number of nitrogens with one attached hydrogen (secondary N) is 1. The predicted molar refractivity (Wildman–Crippen MR) is 78.1 cm³/mol. The molecule has 1 heterocycles. The molecule has 1 unspecified atom stereocenters. The molecule has 108 valence electrons. The van der Waals surface area contributed by atoms with Gasteiger partial charge in [-0.3, -0.25) is 9.59 Å². The summed E-state index contributed by atoms with van der Waals surface area (Å²) in [5, 5.41) is 3.03. The van der Waals surface area contributed by atoms with E-state index in [1.54, 1.807) is 0 Å². The van der Waals surface area contributed by atoms with Gasteiger partial charge in [-0.1, -0.05) is 18.2 Å². The number of hydrogen-bond donors (Lipinski definition) is 2. The first-order valence-corrected chi connectivity index (χ1v) is 7.05. The van der Waals surface area contributed by atoms with E-state index in [2.05, 4.69) is 5.32 Å². The molecule has 5 heteroatoms. The minimum Gasteiger partial charge on any atom is -0.373 e. The van der Waals surface area contributed by atoms with Crippen LogP contribution in [0.2, 0.25) is 0 Å². The van der Waals surface area contributed by atoms with Crippen LogP contribution in [0, 0.1) is 0 Å². The van der Waals surface area contributed by atoms with Crippen molar-refractivity contribution in [3.8, 4) is 0 Å². The molecule has 1 aromatic carbocycles. The third-order valence-corrected chi connectivity index (χ3v) is 3.55. The van der Waals surface area contributed by atoms with Crippen molar-refractivity contribution in [1.29, 1.82) is 0 Å². The monoisotopic (exact) mass is 275 g/mol. The summed E-state index contributed by atoms with van der Waals surface area (Å²) < 4.78 is 0. The van der Waals surface area contributed by atoms with Gasteiger partial charge in [0.15, 0.2) is 0 Å². The fourth-order valence-corrected chi connectivity index (χ4v) is 2.41. The zero-order chi connectivity index (χ0) is 14.4. The van der Waals surface area contributed by atoms with Crippen LogP contribution in [0.4, 0.5) is 5.69 Å². The Hall–Kier alpha value is -2.04. The summed E-state index contributed by atoms with van der Waals surface area (Å²) in [7, 11) is 0. The lowest BCUT2D eigenvalue weighted by Crippen LogP contribution is -2.43. The van der Waals surface area contributed by atoms with Crippen LogP contribution in [0.1, 0.15) is 25.7 Å². The highest BCUT2D eigenvalue weighted by Gasteiger charge is 2.23. The van der Waals surface area contributed by atoms with Crippen molar-refractivity contribution in [2.24, 2.45) is 5.73 Å². The standard InChI is InChI=1S/C15H21N3O2/c16-15(20)13(17-12-7-3-1-4-8-12)11-14(19)18-9-5-2-6-10-18/h1,3-4,7-8,13,17H,2,5-6,9-11H2,(H2,16,20). The van der Waals surface area contributed by atoms with E-state index in [1.807, 2.05) is 35.2 Å². The molecule has 1 atom stereocenters. The van der Waals surface area contributed by atoms with Crippen molar-refractivity contribution < 1.29 is 9.59 Å². The van der Waals surface area contributed by atoms with Gasteiger partial charge in [-0.2, -0.15) is 0 Å². The Labute approximate surface area is 119 Å². The Balaban J connectivity index is 1.95. The molecule has 0 spiro atoms. The number of hydrogen-bond acceptors (Lipinski definition) is 3. The molecule has 1 aliphatic heterocycles. The molecule has 1 aliphatic rings. The van der Waals surface area contributed by atoms with Crippen molar-refractivity contribution in [2.45, 2.75) is 31.7 Å². The molecule has 0 radical (unpaired) electrons. The van der Waals surface area contributed by atoms with Crippen LogP contribution in [0.5, 0.6) is 0 Å². The topological polar surface area (TPSA) is 75.4 Å². The van der Waals surface area contributed by atoms with Crippen molar-refractivity contribution in [3.63, 3.8) is 0 Å². The third-order valence-electron chi connectivity index (χ3n) is 3.55. The fraction of sp³-hybridized carbons (Fsp3) is 0.467. The molecule has 0 saturated carbocycles. The SMILES string of the molecule is NC(=O)C(CC(=O)N1CCCCC1)Nc1ccccc1. The van der Waals surface area contributed by atoms with E-state index in [0.717, 1.165) is 31.6 Å². The second-order valence-corrected chi connectivity index (χ2v) is 5.11. The molecule has 2 amide bonds. The minimum absolute atomic E-state index is 0.00284. The largest absolute Gasteiger partial charge is 0.373 e. The quantitative estimate of drug-likeness (QED) is 0.852. The molecular formula is C15H21N3O2. The smallest absolute Gasteiger partial charge is 0.240 e. The minimum atomic E-state index is -0.660. The van der Waals surface area contributed by atoms with Crippen molar-refractivity contribution >= 4 is 17.5 Å². The first-order chi connectivity index (χ1) is 9.66. The van der Waals surface area contributed by atoms with Gasteiger partial charge in [0.2, 0.25) is 11.8 Å². The van der Waals surface area contributed by atoms with Crippen molar-refractivity contribution in [2.75, 3.05) is 18.4 Å². The molecule has 5 nitrogen and oxygen atoms in total. The van der Waals surface area contributed by atoms with Crippen LogP contribution >= 0.6 is 0 Å². The maximum atomic E-state index is 12.2. The summed E-state index contributed by atoms with van der Waals surface area (Å²) >= 11 is 0. The van der Waals surface area contributed by atoms with Crippen LogP contribution in [-0.2, 0) is 9.59 Å². The van der Waals surface area contributed by atoms with Crippen LogP contribution < -0.4 is 11.1 Å². The summed E-state index contributed by atoms with van der Waals surface area (Å²) in [5.74, 6) is -0.504. The third kappa shape index (κ3) is 3.98. The van der Waals surface area contributed by atoms with E-state index in [-0.39, 0.29) is 12.3 Å². The highest BCUT2D eigenvalue weighted by Crippen LogP contribution is 2.13. The van der Waals surface area contributed by atoms with E-state index in [9.17, 15) is 9.59 Å². The lowest BCUT2D eigenvalue weighted by Gasteiger charge is -2.28. The number of rotatable bonds is 5.